The van der Waals surface area contributed by atoms with Crippen molar-refractivity contribution in [1.82, 2.24) is 4.98 Å². The summed E-state index contributed by atoms with van der Waals surface area (Å²) in [5, 5.41) is 7.25. The van der Waals surface area contributed by atoms with Gasteiger partial charge in [-0.1, -0.05) is 6.07 Å². The Bertz CT molecular complexity index is 361. The Morgan fingerprint density at radius 2 is 2.47 bits per heavy atom. The van der Waals surface area contributed by atoms with Crippen LogP contribution in [0, 0.1) is 5.41 Å². The molecule has 0 bridgehead atoms. The summed E-state index contributed by atoms with van der Waals surface area (Å²) in [6.07, 6.45) is 0.950. The van der Waals surface area contributed by atoms with Crippen LogP contribution in [0.2, 0.25) is 0 Å². The maximum absolute atomic E-state index is 7.25. The average molecular weight is 207 g/mol. The molecule has 0 saturated carbocycles. The van der Waals surface area contributed by atoms with Gasteiger partial charge in [-0.3, -0.25) is 5.41 Å². The number of nitrogens with two attached hydrogens (primary N) is 1. The number of amidine groups is 1. The maximum Gasteiger partial charge on any atom is 0.214 e. The monoisotopic (exact) mass is 207 g/mol. The Labute approximate surface area is 87.7 Å². The number of hydrogen-bond acceptors (Lipinski definition) is 4. The molecule has 5 heteroatoms. The third-order valence-electron chi connectivity index (χ3n) is 2.17. The van der Waals surface area contributed by atoms with Crippen LogP contribution in [0.3, 0.4) is 0 Å². The van der Waals surface area contributed by atoms with Crippen LogP contribution in [0.25, 0.3) is 0 Å². The zero-order chi connectivity index (χ0) is 10.7. The van der Waals surface area contributed by atoms with Crippen molar-refractivity contribution in [2.75, 3.05) is 13.2 Å². The van der Waals surface area contributed by atoms with E-state index in [1.54, 1.807) is 18.2 Å². The first-order valence-electron chi connectivity index (χ1n) is 4.81. The Morgan fingerprint density at radius 3 is 3.13 bits per heavy atom. The summed E-state index contributed by atoms with van der Waals surface area (Å²) in [5.41, 5.74) is 5.77. The number of nitrogens with zero attached hydrogens (tertiary/aromatic N) is 1. The van der Waals surface area contributed by atoms with Crippen molar-refractivity contribution < 1.29 is 9.47 Å². The molecule has 1 fully saturated rings. The second-order valence-corrected chi connectivity index (χ2v) is 3.38. The number of nitrogens with one attached hydrogen (secondary N) is 1. The van der Waals surface area contributed by atoms with E-state index in [4.69, 9.17) is 20.6 Å². The van der Waals surface area contributed by atoms with E-state index in [1.165, 1.54) is 0 Å². The molecule has 1 unspecified atom stereocenters. The Balaban J connectivity index is 2.07. The van der Waals surface area contributed by atoms with Gasteiger partial charge in [0.05, 0.1) is 13.2 Å². The molecule has 80 valence electrons. The van der Waals surface area contributed by atoms with Crippen molar-refractivity contribution in [3.8, 4) is 5.88 Å². The molecule has 0 radical (unpaired) electrons. The molecule has 0 aromatic carbocycles. The van der Waals surface area contributed by atoms with Crippen LogP contribution in [0.1, 0.15) is 12.1 Å². The fourth-order valence-electron chi connectivity index (χ4n) is 1.41. The van der Waals surface area contributed by atoms with Gasteiger partial charge in [-0.2, -0.15) is 0 Å². The van der Waals surface area contributed by atoms with Crippen LogP contribution in [0.4, 0.5) is 0 Å². The molecule has 2 heterocycles. The molecule has 1 aromatic rings. The molecule has 1 atom stereocenters. The predicted molar refractivity (Wildman–Crippen MR) is 55.1 cm³/mol. The zero-order valence-corrected chi connectivity index (χ0v) is 8.27. The highest BCUT2D eigenvalue weighted by Crippen LogP contribution is 2.14. The Kier molecular flexibility index (Phi) is 2.82. The lowest BCUT2D eigenvalue weighted by molar-refractivity contribution is 0.138. The standard InChI is InChI=1S/C10H13N3O2/c11-10(12)8-2-1-3-9(13-8)15-7-4-5-14-6-7/h1-3,7H,4-6H2,(H3,11,12). The van der Waals surface area contributed by atoms with Gasteiger partial charge in [0.15, 0.2) is 0 Å². The van der Waals surface area contributed by atoms with Crippen LogP contribution in [0.15, 0.2) is 18.2 Å². The molecule has 1 aliphatic heterocycles. The number of nitrogen functional groups attached to an aromatic ring is 1. The van der Waals surface area contributed by atoms with E-state index >= 15 is 0 Å². The van der Waals surface area contributed by atoms with Crippen molar-refractivity contribution in [2.45, 2.75) is 12.5 Å². The normalized spacial score (nSPS) is 20.1. The van der Waals surface area contributed by atoms with Gasteiger partial charge in [0, 0.05) is 12.5 Å². The van der Waals surface area contributed by atoms with E-state index in [0.29, 0.717) is 18.2 Å². The number of ether oxygens (including phenoxy) is 2. The summed E-state index contributed by atoms with van der Waals surface area (Å²) < 4.78 is 10.8. The first-order chi connectivity index (χ1) is 7.25. The van der Waals surface area contributed by atoms with Crippen LogP contribution < -0.4 is 10.5 Å². The lowest BCUT2D eigenvalue weighted by atomic mass is 10.3. The summed E-state index contributed by atoms with van der Waals surface area (Å²) in [7, 11) is 0. The quantitative estimate of drug-likeness (QED) is 0.559. The Hall–Kier alpha value is -1.62. The third-order valence-corrected chi connectivity index (χ3v) is 2.17. The van der Waals surface area contributed by atoms with Crippen molar-refractivity contribution in [3.05, 3.63) is 23.9 Å². The van der Waals surface area contributed by atoms with Gasteiger partial charge in [-0.05, 0) is 6.07 Å². The fourth-order valence-corrected chi connectivity index (χ4v) is 1.41. The second kappa shape index (κ2) is 4.27. The maximum atomic E-state index is 7.25. The zero-order valence-electron chi connectivity index (χ0n) is 8.27. The van der Waals surface area contributed by atoms with Gasteiger partial charge in [0.2, 0.25) is 5.88 Å². The first kappa shape index (κ1) is 9.92. The number of rotatable bonds is 3. The SMILES string of the molecule is N=C(N)c1cccc(OC2CCOC2)n1. The second-order valence-electron chi connectivity index (χ2n) is 3.38. The molecule has 1 saturated heterocycles. The fraction of sp³-hybridized carbons (Fsp3) is 0.400. The van der Waals surface area contributed by atoms with Crippen molar-refractivity contribution in [3.63, 3.8) is 0 Å². The molecule has 1 aromatic heterocycles. The van der Waals surface area contributed by atoms with E-state index in [1.807, 2.05) is 0 Å². The summed E-state index contributed by atoms with van der Waals surface area (Å²) >= 11 is 0. The summed E-state index contributed by atoms with van der Waals surface area (Å²) in [6, 6.07) is 5.21. The number of hydrogen-bond donors (Lipinski definition) is 2. The van der Waals surface area contributed by atoms with Gasteiger partial charge < -0.3 is 15.2 Å². The lowest BCUT2D eigenvalue weighted by Gasteiger charge is -2.10. The molecule has 0 aliphatic carbocycles. The van der Waals surface area contributed by atoms with E-state index in [0.717, 1.165) is 13.0 Å². The minimum Gasteiger partial charge on any atom is -0.472 e. The van der Waals surface area contributed by atoms with Crippen molar-refractivity contribution in [2.24, 2.45) is 5.73 Å². The van der Waals surface area contributed by atoms with Crippen molar-refractivity contribution >= 4 is 5.84 Å². The van der Waals surface area contributed by atoms with Gasteiger partial charge in [0.25, 0.3) is 0 Å². The molecular formula is C10H13N3O2. The molecule has 0 spiro atoms. The summed E-state index contributed by atoms with van der Waals surface area (Å²) in [6.45, 7) is 1.34. The smallest absolute Gasteiger partial charge is 0.214 e. The number of aromatic nitrogens is 1. The highest BCUT2D eigenvalue weighted by molar-refractivity contribution is 5.93. The highest BCUT2D eigenvalue weighted by Gasteiger charge is 2.17. The van der Waals surface area contributed by atoms with E-state index in [-0.39, 0.29) is 11.9 Å². The van der Waals surface area contributed by atoms with Gasteiger partial charge in [0.1, 0.15) is 17.6 Å². The topological polar surface area (TPSA) is 81.2 Å². The van der Waals surface area contributed by atoms with E-state index in [2.05, 4.69) is 4.98 Å². The first-order valence-corrected chi connectivity index (χ1v) is 4.81. The lowest BCUT2D eigenvalue weighted by Crippen LogP contribution is -2.18. The van der Waals surface area contributed by atoms with Gasteiger partial charge >= 0.3 is 0 Å². The summed E-state index contributed by atoms with van der Waals surface area (Å²) in [5.74, 6) is 0.446. The van der Waals surface area contributed by atoms with Crippen LogP contribution >= 0.6 is 0 Å². The minimum absolute atomic E-state index is 0.0527. The van der Waals surface area contributed by atoms with Gasteiger partial charge in [-0.15, -0.1) is 0 Å². The van der Waals surface area contributed by atoms with Crippen LogP contribution in [-0.4, -0.2) is 30.1 Å². The summed E-state index contributed by atoms with van der Waals surface area (Å²) in [4.78, 5) is 4.11. The highest BCUT2D eigenvalue weighted by atomic mass is 16.5. The Morgan fingerprint density at radius 1 is 1.60 bits per heavy atom. The van der Waals surface area contributed by atoms with E-state index < -0.39 is 0 Å². The average Bonchev–Trinajstić information content (AvgIpc) is 2.71. The van der Waals surface area contributed by atoms with Crippen LogP contribution in [0.5, 0.6) is 5.88 Å². The van der Waals surface area contributed by atoms with Gasteiger partial charge in [-0.25, -0.2) is 4.98 Å². The van der Waals surface area contributed by atoms with E-state index in [9.17, 15) is 0 Å². The molecule has 15 heavy (non-hydrogen) atoms. The molecule has 1 aliphatic rings. The van der Waals surface area contributed by atoms with Crippen LogP contribution in [-0.2, 0) is 4.74 Å². The molecule has 5 nitrogen and oxygen atoms in total. The molecule has 2 rings (SSSR count). The largest absolute Gasteiger partial charge is 0.472 e. The molecule has 3 N–H and O–H groups in total. The molecule has 0 amide bonds. The number of pyridine rings is 1. The molecular weight excluding hydrogens is 194 g/mol. The van der Waals surface area contributed by atoms with Crippen molar-refractivity contribution in [1.29, 1.82) is 5.41 Å². The predicted octanol–water partition coefficient (Wildman–Crippen LogP) is 0.533. The third kappa shape index (κ3) is 2.44. The minimum atomic E-state index is -0.0527.